The van der Waals surface area contributed by atoms with Crippen molar-refractivity contribution in [3.63, 3.8) is 0 Å². The van der Waals surface area contributed by atoms with Crippen LogP contribution in [0.15, 0.2) is 0 Å². The van der Waals surface area contributed by atoms with E-state index in [0.29, 0.717) is 12.1 Å². The largest absolute Gasteiger partial charge is 0.340 e. The van der Waals surface area contributed by atoms with E-state index in [1.54, 1.807) is 0 Å². The first-order valence-electron chi connectivity index (χ1n) is 9.40. The molecule has 0 rings (SSSR count). The summed E-state index contributed by atoms with van der Waals surface area (Å²) in [6.07, 6.45) is 16.5. The maximum absolute atomic E-state index is 11.4. The molecule has 2 nitrogen and oxygen atoms in total. The number of carbonyl (C=O) groups is 1. The summed E-state index contributed by atoms with van der Waals surface area (Å²) in [5.74, 6) is 0. The fourth-order valence-electron chi connectivity index (χ4n) is 3.03. The zero-order chi connectivity index (χ0) is 15.9. The molecule has 126 valence electrons. The van der Waals surface area contributed by atoms with E-state index in [1.165, 1.54) is 64.2 Å². The molecule has 0 aromatic carbocycles. The molecule has 2 atom stereocenters. The second-order valence-corrected chi connectivity index (χ2v) is 6.66. The van der Waals surface area contributed by atoms with E-state index < -0.39 is 0 Å². The maximum atomic E-state index is 11.4. The van der Waals surface area contributed by atoms with Crippen LogP contribution in [-0.4, -0.2) is 23.4 Å². The summed E-state index contributed by atoms with van der Waals surface area (Å²) in [4.78, 5) is 13.4. The van der Waals surface area contributed by atoms with Gasteiger partial charge in [-0.15, -0.1) is 0 Å². The highest BCUT2D eigenvalue weighted by Gasteiger charge is 2.17. The summed E-state index contributed by atoms with van der Waals surface area (Å²) in [7, 11) is 0. The standard InChI is InChI=1S/C19H39NO/c1-5-7-9-11-13-15-18(3)20(17-21)19(4)16-14-12-10-8-6-2/h17-19H,5-16H2,1-4H3. The molecule has 0 fully saturated rings. The molecule has 0 aromatic rings. The van der Waals surface area contributed by atoms with Crippen molar-refractivity contribution in [1.82, 2.24) is 4.90 Å². The Morgan fingerprint density at radius 2 is 1.10 bits per heavy atom. The fourth-order valence-corrected chi connectivity index (χ4v) is 3.03. The van der Waals surface area contributed by atoms with Gasteiger partial charge in [-0.3, -0.25) is 4.79 Å². The average molecular weight is 298 g/mol. The van der Waals surface area contributed by atoms with Crippen LogP contribution in [0.1, 0.15) is 105 Å². The van der Waals surface area contributed by atoms with Crippen LogP contribution in [0, 0.1) is 0 Å². The van der Waals surface area contributed by atoms with Gasteiger partial charge in [-0.1, -0.05) is 78.1 Å². The highest BCUT2D eigenvalue weighted by molar-refractivity contribution is 5.48. The fraction of sp³-hybridized carbons (Fsp3) is 0.947. The predicted molar refractivity (Wildman–Crippen MR) is 93.6 cm³/mol. The third kappa shape index (κ3) is 10.8. The van der Waals surface area contributed by atoms with Gasteiger partial charge in [0.2, 0.25) is 6.41 Å². The highest BCUT2D eigenvalue weighted by atomic mass is 16.1. The van der Waals surface area contributed by atoms with Crippen LogP contribution in [0.25, 0.3) is 0 Å². The summed E-state index contributed by atoms with van der Waals surface area (Å²) in [5.41, 5.74) is 0. The summed E-state index contributed by atoms with van der Waals surface area (Å²) in [5, 5.41) is 0. The van der Waals surface area contributed by atoms with Crippen LogP contribution in [0.3, 0.4) is 0 Å². The number of hydrogen-bond acceptors (Lipinski definition) is 1. The number of amides is 1. The Morgan fingerprint density at radius 1 is 0.714 bits per heavy atom. The number of unbranched alkanes of at least 4 members (excludes halogenated alkanes) is 8. The Labute approximate surface area is 133 Å². The molecular weight excluding hydrogens is 258 g/mol. The summed E-state index contributed by atoms with van der Waals surface area (Å²) >= 11 is 0. The summed E-state index contributed by atoms with van der Waals surface area (Å²) in [6, 6.07) is 0.796. The number of rotatable bonds is 15. The van der Waals surface area contributed by atoms with Gasteiger partial charge >= 0.3 is 0 Å². The first kappa shape index (κ1) is 20.5. The maximum Gasteiger partial charge on any atom is 0.210 e. The van der Waals surface area contributed by atoms with Gasteiger partial charge in [0.15, 0.2) is 0 Å². The Balaban J connectivity index is 3.84. The van der Waals surface area contributed by atoms with Crippen LogP contribution >= 0.6 is 0 Å². The molecule has 0 aliphatic rings. The van der Waals surface area contributed by atoms with Crippen LogP contribution in [0.2, 0.25) is 0 Å². The monoisotopic (exact) mass is 297 g/mol. The van der Waals surface area contributed by atoms with Crippen LogP contribution in [0.5, 0.6) is 0 Å². The summed E-state index contributed by atoms with van der Waals surface area (Å²) < 4.78 is 0. The highest BCUT2D eigenvalue weighted by Crippen LogP contribution is 2.16. The van der Waals surface area contributed by atoms with E-state index in [-0.39, 0.29) is 0 Å². The second kappa shape index (κ2) is 14.4. The molecule has 0 saturated heterocycles. The zero-order valence-corrected chi connectivity index (χ0v) is 15.1. The molecule has 1 amide bonds. The molecule has 0 heterocycles. The van der Waals surface area contributed by atoms with Crippen LogP contribution in [-0.2, 0) is 4.79 Å². The topological polar surface area (TPSA) is 20.3 Å². The third-order valence-electron chi connectivity index (χ3n) is 4.59. The second-order valence-electron chi connectivity index (χ2n) is 6.66. The molecule has 0 bridgehead atoms. The molecule has 0 aromatic heterocycles. The molecule has 0 aliphatic heterocycles. The van der Waals surface area contributed by atoms with Gasteiger partial charge in [0.1, 0.15) is 0 Å². The lowest BCUT2D eigenvalue weighted by Gasteiger charge is -2.31. The minimum atomic E-state index is 0.398. The van der Waals surface area contributed by atoms with Gasteiger partial charge in [0, 0.05) is 12.1 Å². The van der Waals surface area contributed by atoms with Crippen LogP contribution < -0.4 is 0 Å². The van der Waals surface area contributed by atoms with Gasteiger partial charge in [-0.2, -0.15) is 0 Å². The van der Waals surface area contributed by atoms with Crippen molar-refractivity contribution in [2.45, 2.75) is 117 Å². The molecule has 2 unspecified atom stereocenters. The van der Waals surface area contributed by atoms with Gasteiger partial charge < -0.3 is 4.90 Å². The third-order valence-corrected chi connectivity index (χ3v) is 4.59. The average Bonchev–Trinajstić information content (AvgIpc) is 2.47. The van der Waals surface area contributed by atoms with E-state index in [2.05, 4.69) is 32.6 Å². The molecule has 21 heavy (non-hydrogen) atoms. The van der Waals surface area contributed by atoms with Gasteiger partial charge in [-0.25, -0.2) is 0 Å². The summed E-state index contributed by atoms with van der Waals surface area (Å²) in [6.45, 7) is 8.92. The van der Waals surface area contributed by atoms with Crippen molar-refractivity contribution in [2.24, 2.45) is 0 Å². The Bertz CT molecular complexity index is 210. The van der Waals surface area contributed by atoms with Crippen molar-refractivity contribution in [3.05, 3.63) is 0 Å². The minimum Gasteiger partial charge on any atom is -0.340 e. The zero-order valence-electron chi connectivity index (χ0n) is 15.1. The normalized spacial score (nSPS) is 13.9. The molecule has 0 N–H and O–H groups in total. The van der Waals surface area contributed by atoms with Crippen LogP contribution in [0.4, 0.5) is 0 Å². The first-order chi connectivity index (χ1) is 10.2. The number of carbonyl (C=O) groups excluding carboxylic acids is 1. The van der Waals surface area contributed by atoms with E-state index in [9.17, 15) is 4.79 Å². The quantitative estimate of drug-likeness (QED) is 0.270. The van der Waals surface area contributed by atoms with Gasteiger partial charge in [0.25, 0.3) is 0 Å². The molecule has 2 heteroatoms. The Morgan fingerprint density at radius 3 is 1.43 bits per heavy atom. The van der Waals surface area contributed by atoms with Crippen molar-refractivity contribution < 1.29 is 4.79 Å². The van der Waals surface area contributed by atoms with E-state index in [4.69, 9.17) is 0 Å². The lowest BCUT2D eigenvalue weighted by atomic mass is 10.0. The SMILES string of the molecule is CCCCCCCC(C)N(C=O)C(C)CCCCCCC. The Hall–Kier alpha value is -0.530. The lowest BCUT2D eigenvalue weighted by Crippen LogP contribution is -2.39. The minimum absolute atomic E-state index is 0.398. The number of hydrogen-bond donors (Lipinski definition) is 0. The first-order valence-corrected chi connectivity index (χ1v) is 9.40. The predicted octanol–water partition coefficient (Wildman–Crippen LogP) is 5.94. The van der Waals surface area contributed by atoms with E-state index in [1.807, 2.05) is 0 Å². The smallest absolute Gasteiger partial charge is 0.210 e. The van der Waals surface area contributed by atoms with E-state index >= 15 is 0 Å². The molecule has 0 radical (unpaired) electrons. The number of nitrogens with zero attached hydrogens (tertiary/aromatic N) is 1. The van der Waals surface area contributed by atoms with E-state index in [0.717, 1.165) is 19.3 Å². The molecule has 0 saturated carbocycles. The molecule has 0 spiro atoms. The Kier molecular flexibility index (Phi) is 14.0. The lowest BCUT2D eigenvalue weighted by molar-refractivity contribution is -0.122. The molecule has 0 aliphatic carbocycles. The van der Waals surface area contributed by atoms with Crippen molar-refractivity contribution in [2.75, 3.05) is 0 Å². The van der Waals surface area contributed by atoms with Crippen molar-refractivity contribution in [1.29, 1.82) is 0 Å². The molecular formula is C19H39NO. The van der Waals surface area contributed by atoms with Gasteiger partial charge in [-0.05, 0) is 26.7 Å². The van der Waals surface area contributed by atoms with Gasteiger partial charge in [0.05, 0.1) is 0 Å². The van der Waals surface area contributed by atoms with Crippen molar-refractivity contribution >= 4 is 6.41 Å². The van der Waals surface area contributed by atoms with Crippen molar-refractivity contribution in [3.8, 4) is 0 Å².